The van der Waals surface area contributed by atoms with E-state index < -0.39 is 0 Å². The van der Waals surface area contributed by atoms with E-state index in [1.54, 1.807) is 11.3 Å². The Hall–Kier alpha value is -0.490. The number of thiazole rings is 1. The van der Waals surface area contributed by atoms with Gasteiger partial charge in [-0.3, -0.25) is 4.90 Å². The van der Waals surface area contributed by atoms with Gasteiger partial charge in [0.2, 0.25) is 0 Å². The predicted octanol–water partition coefficient (Wildman–Crippen LogP) is 0.865. The van der Waals surface area contributed by atoms with Crippen molar-refractivity contribution in [3.63, 3.8) is 0 Å². The highest BCUT2D eigenvalue weighted by Gasteiger charge is 2.17. The van der Waals surface area contributed by atoms with Crippen LogP contribution < -0.4 is 5.73 Å². The number of ether oxygens (including phenoxy) is 1. The Bertz CT molecular complexity index is 329. The average molecular weight is 241 g/mol. The summed E-state index contributed by atoms with van der Waals surface area (Å²) in [4.78, 5) is 6.97. The van der Waals surface area contributed by atoms with E-state index in [1.165, 1.54) is 5.69 Å². The summed E-state index contributed by atoms with van der Waals surface area (Å²) in [5.41, 5.74) is 6.68. The molecule has 0 radical (unpaired) electrons. The standard InChI is InChI=1S/C11H19N3OS/c1-9-6-14(4-5-15-9)7-10-8-16-11(13-10)2-3-12/h8-9H,2-7,12H2,1H3. The van der Waals surface area contributed by atoms with E-state index in [9.17, 15) is 0 Å². The van der Waals surface area contributed by atoms with E-state index in [2.05, 4.69) is 22.2 Å². The maximum Gasteiger partial charge on any atom is 0.0941 e. The molecule has 0 bridgehead atoms. The molecule has 90 valence electrons. The third-order valence-corrected chi connectivity index (χ3v) is 3.63. The van der Waals surface area contributed by atoms with Crippen molar-refractivity contribution in [2.45, 2.75) is 26.0 Å². The lowest BCUT2D eigenvalue weighted by atomic mass is 10.3. The zero-order valence-electron chi connectivity index (χ0n) is 9.69. The zero-order valence-corrected chi connectivity index (χ0v) is 10.5. The van der Waals surface area contributed by atoms with E-state index in [1.807, 2.05) is 0 Å². The summed E-state index contributed by atoms with van der Waals surface area (Å²) < 4.78 is 5.51. The minimum atomic E-state index is 0.343. The van der Waals surface area contributed by atoms with Gasteiger partial charge in [0.25, 0.3) is 0 Å². The molecule has 1 aliphatic heterocycles. The number of hydrogen-bond acceptors (Lipinski definition) is 5. The van der Waals surface area contributed by atoms with E-state index >= 15 is 0 Å². The molecule has 2 heterocycles. The Morgan fingerprint density at radius 3 is 3.31 bits per heavy atom. The summed E-state index contributed by atoms with van der Waals surface area (Å²) in [5.74, 6) is 0. The van der Waals surface area contributed by atoms with E-state index in [0.717, 1.165) is 37.7 Å². The molecule has 0 saturated carbocycles. The van der Waals surface area contributed by atoms with Crippen LogP contribution in [0, 0.1) is 0 Å². The first-order valence-corrected chi connectivity index (χ1v) is 6.63. The van der Waals surface area contributed by atoms with Crippen molar-refractivity contribution in [3.8, 4) is 0 Å². The minimum Gasteiger partial charge on any atom is -0.376 e. The van der Waals surface area contributed by atoms with Gasteiger partial charge in [-0.2, -0.15) is 0 Å². The summed E-state index contributed by atoms with van der Waals surface area (Å²) >= 11 is 1.71. The van der Waals surface area contributed by atoms with Gasteiger partial charge in [-0.25, -0.2) is 4.98 Å². The quantitative estimate of drug-likeness (QED) is 0.849. The van der Waals surface area contributed by atoms with Crippen LogP contribution in [0.15, 0.2) is 5.38 Å². The normalized spacial score (nSPS) is 22.5. The van der Waals surface area contributed by atoms with Gasteiger partial charge in [0, 0.05) is 31.4 Å². The van der Waals surface area contributed by atoms with Crippen LogP contribution in [0.2, 0.25) is 0 Å². The third kappa shape index (κ3) is 3.25. The molecule has 1 aromatic heterocycles. The van der Waals surface area contributed by atoms with Gasteiger partial charge in [-0.05, 0) is 13.5 Å². The van der Waals surface area contributed by atoms with Gasteiger partial charge in [-0.1, -0.05) is 0 Å². The second-order valence-corrected chi connectivity index (χ2v) is 5.13. The summed E-state index contributed by atoms with van der Waals surface area (Å²) in [6, 6.07) is 0. The predicted molar refractivity (Wildman–Crippen MR) is 65.6 cm³/mol. The molecule has 2 N–H and O–H groups in total. The summed E-state index contributed by atoms with van der Waals surface area (Å²) in [6.07, 6.45) is 1.24. The highest BCUT2D eigenvalue weighted by Crippen LogP contribution is 2.14. The first-order valence-electron chi connectivity index (χ1n) is 5.75. The first-order chi connectivity index (χ1) is 7.78. The van der Waals surface area contributed by atoms with Gasteiger partial charge in [0.05, 0.1) is 23.4 Å². The smallest absolute Gasteiger partial charge is 0.0941 e. The van der Waals surface area contributed by atoms with Gasteiger partial charge < -0.3 is 10.5 Å². The molecule has 4 nitrogen and oxygen atoms in total. The molecule has 5 heteroatoms. The highest BCUT2D eigenvalue weighted by atomic mass is 32.1. The lowest BCUT2D eigenvalue weighted by molar-refractivity contribution is -0.0215. The molecule has 0 aromatic carbocycles. The number of aromatic nitrogens is 1. The fourth-order valence-electron chi connectivity index (χ4n) is 1.92. The van der Waals surface area contributed by atoms with Crippen molar-refractivity contribution in [1.82, 2.24) is 9.88 Å². The van der Waals surface area contributed by atoms with Gasteiger partial charge in [0.1, 0.15) is 0 Å². The number of morpholine rings is 1. The van der Waals surface area contributed by atoms with Crippen molar-refractivity contribution >= 4 is 11.3 Å². The zero-order chi connectivity index (χ0) is 11.4. The van der Waals surface area contributed by atoms with Crippen molar-refractivity contribution in [1.29, 1.82) is 0 Å². The third-order valence-electron chi connectivity index (χ3n) is 2.67. The highest BCUT2D eigenvalue weighted by molar-refractivity contribution is 7.09. The van der Waals surface area contributed by atoms with Crippen LogP contribution in [0.25, 0.3) is 0 Å². The van der Waals surface area contributed by atoms with Gasteiger partial charge in [-0.15, -0.1) is 11.3 Å². The van der Waals surface area contributed by atoms with Crippen LogP contribution in [0.1, 0.15) is 17.6 Å². The summed E-state index contributed by atoms with van der Waals surface area (Å²) in [6.45, 7) is 6.59. The monoisotopic (exact) mass is 241 g/mol. The fraction of sp³-hybridized carbons (Fsp3) is 0.727. The number of nitrogens with two attached hydrogens (primary N) is 1. The Morgan fingerprint density at radius 1 is 1.69 bits per heavy atom. The molecule has 1 unspecified atom stereocenters. The Balaban J connectivity index is 1.87. The van der Waals surface area contributed by atoms with Crippen LogP contribution in [-0.2, 0) is 17.7 Å². The minimum absolute atomic E-state index is 0.343. The molecule has 1 aliphatic rings. The summed E-state index contributed by atoms with van der Waals surface area (Å²) in [7, 11) is 0. The number of rotatable bonds is 4. The Labute approximate surface area is 100 Å². The van der Waals surface area contributed by atoms with Gasteiger partial charge >= 0.3 is 0 Å². The molecule has 1 aromatic rings. The molecule has 1 atom stereocenters. The molecular formula is C11H19N3OS. The van der Waals surface area contributed by atoms with E-state index in [0.29, 0.717) is 12.6 Å². The molecule has 16 heavy (non-hydrogen) atoms. The van der Waals surface area contributed by atoms with Crippen LogP contribution >= 0.6 is 11.3 Å². The molecule has 0 amide bonds. The topological polar surface area (TPSA) is 51.4 Å². The largest absolute Gasteiger partial charge is 0.376 e. The lowest BCUT2D eigenvalue weighted by Gasteiger charge is -2.30. The van der Waals surface area contributed by atoms with E-state index in [-0.39, 0.29) is 0 Å². The van der Waals surface area contributed by atoms with Crippen molar-refractivity contribution in [2.24, 2.45) is 5.73 Å². The van der Waals surface area contributed by atoms with Gasteiger partial charge in [0.15, 0.2) is 0 Å². The lowest BCUT2D eigenvalue weighted by Crippen LogP contribution is -2.40. The van der Waals surface area contributed by atoms with Crippen LogP contribution in [0.5, 0.6) is 0 Å². The summed E-state index contributed by atoms with van der Waals surface area (Å²) in [5, 5.41) is 3.30. The van der Waals surface area contributed by atoms with Crippen LogP contribution in [-0.4, -0.2) is 42.2 Å². The van der Waals surface area contributed by atoms with Crippen LogP contribution in [0.4, 0.5) is 0 Å². The van der Waals surface area contributed by atoms with Crippen molar-refractivity contribution < 1.29 is 4.74 Å². The van der Waals surface area contributed by atoms with Crippen molar-refractivity contribution in [2.75, 3.05) is 26.2 Å². The Kier molecular flexibility index (Phi) is 4.29. The van der Waals surface area contributed by atoms with Crippen LogP contribution in [0.3, 0.4) is 0 Å². The molecule has 1 fully saturated rings. The molecular weight excluding hydrogens is 222 g/mol. The Morgan fingerprint density at radius 2 is 2.56 bits per heavy atom. The average Bonchev–Trinajstić information content (AvgIpc) is 2.66. The molecule has 1 saturated heterocycles. The maximum atomic E-state index is 5.51. The molecule has 0 spiro atoms. The SMILES string of the molecule is CC1CN(Cc2csc(CCN)n2)CCO1. The maximum absolute atomic E-state index is 5.51. The number of nitrogens with zero attached hydrogens (tertiary/aromatic N) is 2. The number of hydrogen-bond donors (Lipinski definition) is 1. The second kappa shape index (κ2) is 5.72. The van der Waals surface area contributed by atoms with E-state index in [4.69, 9.17) is 10.5 Å². The molecule has 0 aliphatic carbocycles. The van der Waals surface area contributed by atoms with Crippen molar-refractivity contribution in [3.05, 3.63) is 16.1 Å². The molecule has 2 rings (SSSR count). The first kappa shape index (κ1) is 12.0. The fourth-order valence-corrected chi connectivity index (χ4v) is 2.73. The second-order valence-electron chi connectivity index (χ2n) is 4.19.